The number of hydrogen-bond acceptors (Lipinski definition) is 5. The summed E-state index contributed by atoms with van der Waals surface area (Å²) < 4.78 is 5.07. The van der Waals surface area contributed by atoms with Gasteiger partial charge in [0, 0.05) is 0 Å². The van der Waals surface area contributed by atoms with Crippen LogP contribution < -0.4 is 5.32 Å². The van der Waals surface area contributed by atoms with Crippen molar-refractivity contribution in [2.45, 2.75) is 25.0 Å². The zero-order valence-electron chi connectivity index (χ0n) is 9.42. The first kappa shape index (κ1) is 11.9. The molecule has 0 unspecified atom stereocenters. The van der Waals surface area contributed by atoms with E-state index in [1.165, 1.54) is 18.0 Å². The Morgan fingerprint density at radius 1 is 1.65 bits per heavy atom. The average Bonchev–Trinajstić information content (AvgIpc) is 2.91. The Balaban J connectivity index is 1.93. The van der Waals surface area contributed by atoms with Gasteiger partial charge in [-0.15, -0.1) is 5.10 Å². The summed E-state index contributed by atoms with van der Waals surface area (Å²) in [6.07, 6.45) is 4.91. The molecule has 0 spiro atoms. The number of amidine groups is 1. The zero-order chi connectivity index (χ0) is 12.1. The van der Waals surface area contributed by atoms with Gasteiger partial charge in [0.05, 0.1) is 17.7 Å². The molecule has 17 heavy (non-hydrogen) atoms. The molecular weight excluding hydrogens is 238 g/mol. The van der Waals surface area contributed by atoms with Crippen molar-refractivity contribution in [2.24, 2.45) is 10.2 Å². The summed E-state index contributed by atoms with van der Waals surface area (Å²) in [5.41, 5.74) is 0. The fraction of sp³-hybridized carbons (Fsp3) is 0.364. The third-order valence-corrected chi connectivity index (χ3v) is 3.35. The fourth-order valence-corrected chi connectivity index (χ4v) is 2.45. The maximum atomic E-state index is 11.5. The lowest BCUT2D eigenvalue weighted by Crippen LogP contribution is -2.24. The molecule has 1 aromatic heterocycles. The minimum Gasteiger partial charge on any atom is -0.463 e. The molecule has 6 heteroatoms. The highest BCUT2D eigenvalue weighted by molar-refractivity contribution is 8.15. The highest BCUT2D eigenvalue weighted by Gasteiger charge is 2.29. The minimum absolute atomic E-state index is 0.0174. The van der Waals surface area contributed by atoms with Crippen LogP contribution in [-0.2, 0) is 4.79 Å². The van der Waals surface area contributed by atoms with E-state index in [0.29, 0.717) is 10.9 Å². The number of furan rings is 1. The van der Waals surface area contributed by atoms with Crippen LogP contribution in [0.2, 0.25) is 0 Å². The number of amides is 1. The summed E-state index contributed by atoms with van der Waals surface area (Å²) in [7, 11) is 0. The Kier molecular flexibility index (Phi) is 3.98. The third-order valence-electron chi connectivity index (χ3n) is 2.20. The number of nitrogens with zero attached hydrogens (tertiary/aromatic N) is 2. The van der Waals surface area contributed by atoms with E-state index >= 15 is 0 Å². The third kappa shape index (κ3) is 3.20. The number of nitrogens with one attached hydrogen (secondary N) is 1. The van der Waals surface area contributed by atoms with Crippen LogP contribution in [0.5, 0.6) is 0 Å². The van der Waals surface area contributed by atoms with Crippen LogP contribution in [0.1, 0.15) is 25.5 Å². The van der Waals surface area contributed by atoms with Crippen molar-refractivity contribution in [3.63, 3.8) is 0 Å². The van der Waals surface area contributed by atoms with E-state index in [1.54, 1.807) is 18.4 Å². The van der Waals surface area contributed by atoms with Crippen molar-refractivity contribution in [1.82, 2.24) is 5.32 Å². The predicted octanol–water partition coefficient (Wildman–Crippen LogP) is 2.00. The first-order chi connectivity index (χ1) is 8.29. The van der Waals surface area contributed by atoms with Gasteiger partial charge in [0.15, 0.2) is 5.17 Å². The Morgan fingerprint density at radius 3 is 3.24 bits per heavy atom. The first-order valence-electron chi connectivity index (χ1n) is 5.41. The van der Waals surface area contributed by atoms with Crippen molar-refractivity contribution in [2.75, 3.05) is 0 Å². The average molecular weight is 251 g/mol. The van der Waals surface area contributed by atoms with E-state index in [2.05, 4.69) is 22.4 Å². The van der Waals surface area contributed by atoms with E-state index in [9.17, 15) is 4.79 Å². The SMILES string of the molecule is CCC[C@@H]1S/C(=N\N=C/c2ccco2)NC1=O. The molecule has 0 saturated carbocycles. The Hall–Kier alpha value is -1.56. The maximum Gasteiger partial charge on any atom is 0.239 e. The second-order valence-corrected chi connectivity index (χ2v) is 4.74. The van der Waals surface area contributed by atoms with Crippen molar-refractivity contribution in [3.05, 3.63) is 24.2 Å². The molecule has 1 aliphatic heterocycles. The molecule has 1 aliphatic rings. The highest BCUT2D eigenvalue weighted by atomic mass is 32.2. The number of thioether (sulfide) groups is 1. The van der Waals surface area contributed by atoms with Crippen LogP contribution in [0.15, 0.2) is 33.0 Å². The number of hydrogen-bond donors (Lipinski definition) is 1. The molecule has 0 radical (unpaired) electrons. The van der Waals surface area contributed by atoms with Crippen LogP contribution in [0.25, 0.3) is 0 Å². The second-order valence-electron chi connectivity index (χ2n) is 3.55. The van der Waals surface area contributed by atoms with Crippen molar-refractivity contribution in [3.8, 4) is 0 Å². The van der Waals surface area contributed by atoms with E-state index in [1.807, 2.05) is 0 Å². The van der Waals surface area contributed by atoms with Crippen molar-refractivity contribution < 1.29 is 9.21 Å². The van der Waals surface area contributed by atoms with Gasteiger partial charge in [-0.3, -0.25) is 4.79 Å². The summed E-state index contributed by atoms with van der Waals surface area (Å²) in [6.45, 7) is 2.05. The lowest BCUT2D eigenvalue weighted by molar-refractivity contribution is -0.118. The Bertz CT molecular complexity index is 440. The molecule has 5 nitrogen and oxygen atoms in total. The zero-order valence-corrected chi connectivity index (χ0v) is 10.2. The molecule has 1 saturated heterocycles. The molecule has 0 aromatic carbocycles. The van der Waals surface area contributed by atoms with Crippen LogP contribution in [0.4, 0.5) is 0 Å². The summed E-state index contributed by atoms with van der Waals surface area (Å²) in [5, 5.41) is 11.0. The quantitative estimate of drug-likeness (QED) is 0.657. The molecule has 1 aromatic rings. The number of carbonyl (C=O) groups is 1. The summed E-state index contributed by atoms with van der Waals surface area (Å²) >= 11 is 1.43. The molecule has 1 fully saturated rings. The van der Waals surface area contributed by atoms with Gasteiger partial charge in [-0.1, -0.05) is 25.1 Å². The van der Waals surface area contributed by atoms with Gasteiger partial charge >= 0.3 is 0 Å². The van der Waals surface area contributed by atoms with Gasteiger partial charge in [0.25, 0.3) is 0 Å². The highest BCUT2D eigenvalue weighted by Crippen LogP contribution is 2.23. The minimum atomic E-state index is -0.0300. The van der Waals surface area contributed by atoms with Crippen LogP contribution >= 0.6 is 11.8 Å². The molecule has 2 rings (SSSR count). The molecule has 1 atom stereocenters. The standard InChI is InChI=1S/C11H13N3O2S/c1-2-4-9-10(15)13-11(17-9)14-12-7-8-5-3-6-16-8/h3,5-7,9H,2,4H2,1H3,(H,13,14,15)/b12-7-/t9-/m0/s1. The molecule has 1 amide bonds. The van der Waals surface area contributed by atoms with Gasteiger partial charge in [0.2, 0.25) is 5.91 Å². The molecule has 2 heterocycles. The van der Waals surface area contributed by atoms with Crippen molar-refractivity contribution >= 4 is 29.1 Å². The number of carbonyl (C=O) groups excluding carboxylic acids is 1. The lowest BCUT2D eigenvalue weighted by Gasteiger charge is -1.99. The largest absolute Gasteiger partial charge is 0.463 e. The Labute approximate surface area is 103 Å². The normalized spacial score (nSPS) is 22.5. The number of rotatable bonds is 4. The van der Waals surface area contributed by atoms with Gasteiger partial charge < -0.3 is 9.73 Å². The summed E-state index contributed by atoms with van der Waals surface area (Å²) in [4.78, 5) is 11.5. The fourth-order valence-electron chi connectivity index (χ4n) is 1.41. The summed E-state index contributed by atoms with van der Waals surface area (Å²) in [5.74, 6) is 0.651. The first-order valence-corrected chi connectivity index (χ1v) is 6.29. The Morgan fingerprint density at radius 2 is 2.53 bits per heavy atom. The van der Waals surface area contributed by atoms with E-state index in [-0.39, 0.29) is 11.2 Å². The van der Waals surface area contributed by atoms with Gasteiger partial charge in [-0.25, -0.2) is 0 Å². The van der Waals surface area contributed by atoms with E-state index < -0.39 is 0 Å². The van der Waals surface area contributed by atoms with Gasteiger partial charge in [-0.2, -0.15) is 5.10 Å². The van der Waals surface area contributed by atoms with Crippen LogP contribution in [0.3, 0.4) is 0 Å². The predicted molar refractivity (Wildman–Crippen MR) is 68.2 cm³/mol. The molecule has 0 aliphatic carbocycles. The smallest absolute Gasteiger partial charge is 0.239 e. The maximum absolute atomic E-state index is 11.5. The molecule has 90 valence electrons. The van der Waals surface area contributed by atoms with Crippen LogP contribution in [0, 0.1) is 0 Å². The van der Waals surface area contributed by atoms with Gasteiger partial charge in [0.1, 0.15) is 5.76 Å². The lowest BCUT2D eigenvalue weighted by atomic mass is 10.2. The van der Waals surface area contributed by atoms with E-state index in [0.717, 1.165) is 12.8 Å². The second kappa shape index (κ2) is 5.67. The van der Waals surface area contributed by atoms with Gasteiger partial charge in [-0.05, 0) is 18.6 Å². The molecular formula is C11H13N3O2S. The topological polar surface area (TPSA) is 67.0 Å². The molecule has 1 N–H and O–H groups in total. The monoisotopic (exact) mass is 251 g/mol. The molecule has 0 bridgehead atoms. The van der Waals surface area contributed by atoms with E-state index in [4.69, 9.17) is 4.42 Å². The van der Waals surface area contributed by atoms with Crippen LogP contribution in [-0.4, -0.2) is 22.5 Å². The summed E-state index contributed by atoms with van der Waals surface area (Å²) in [6, 6.07) is 3.56. The van der Waals surface area contributed by atoms with Crippen molar-refractivity contribution in [1.29, 1.82) is 0 Å².